The highest BCUT2D eigenvalue weighted by Gasteiger charge is 2.11. The van der Waals surface area contributed by atoms with Gasteiger partial charge in [-0.15, -0.1) is 0 Å². The Bertz CT molecular complexity index is 491. The highest BCUT2D eigenvalue weighted by molar-refractivity contribution is 9.10. The van der Waals surface area contributed by atoms with Crippen molar-refractivity contribution in [2.75, 3.05) is 24.1 Å². The van der Waals surface area contributed by atoms with Crippen molar-refractivity contribution in [2.24, 2.45) is 5.73 Å². The first-order valence-corrected chi connectivity index (χ1v) is 7.97. The number of unbranched alkanes of at least 4 members (excludes halogenated alkanes) is 1. The summed E-state index contributed by atoms with van der Waals surface area (Å²) in [5.41, 5.74) is 5.82. The van der Waals surface area contributed by atoms with Gasteiger partial charge in [0.25, 0.3) is 0 Å². The van der Waals surface area contributed by atoms with Crippen LogP contribution in [0.1, 0.15) is 12.8 Å². The summed E-state index contributed by atoms with van der Waals surface area (Å²) in [6.07, 6.45) is 1.25. The third-order valence-electron chi connectivity index (χ3n) is 2.29. The lowest BCUT2D eigenvalue weighted by Crippen LogP contribution is -2.17. The maximum absolute atomic E-state index is 11.8. The first-order valence-electron chi connectivity index (χ1n) is 5.52. The zero-order valence-electron chi connectivity index (χ0n) is 10.1. The fraction of sp³-hybridized carbons (Fsp3) is 0.455. The van der Waals surface area contributed by atoms with Crippen LogP contribution in [0.3, 0.4) is 0 Å². The van der Waals surface area contributed by atoms with E-state index in [-0.39, 0.29) is 5.75 Å². The van der Waals surface area contributed by atoms with Crippen molar-refractivity contribution in [3.8, 4) is 5.75 Å². The molecule has 0 aliphatic rings. The normalized spacial score (nSPS) is 11.3. The number of hydrogen-bond acceptors (Lipinski definition) is 4. The van der Waals surface area contributed by atoms with Gasteiger partial charge in [0.05, 0.1) is 23.0 Å². The SMILES string of the molecule is COc1cc(NS(=O)(=O)CCCCN)ccc1Br. The molecule has 0 aromatic heterocycles. The van der Waals surface area contributed by atoms with Gasteiger partial charge in [0.1, 0.15) is 5.75 Å². The molecule has 0 atom stereocenters. The van der Waals surface area contributed by atoms with Crippen molar-refractivity contribution in [3.05, 3.63) is 22.7 Å². The molecule has 0 unspecified atom stereocenters. The lowest BCUT2D eigenvalue weighted by molar-refractivity contribution is 0.412. The van der Waals surface area contributed by atoms with Crippen LogP contribution in [0.2, 0.25) is 0 Å². The summed E-state index contributed by atoms with van der Waals surface area (Å²) in [5, 5.41) is 0. The van der Waals surface area contributed by atoms with Gasteiger partial charge in [0.2, 0.25) is 10.0 Å². The summed E-state index contributed by atoms with van der Waals surface area (Å²) >= 11 is 3.31. The zero-order valence-corrected chi connectivity index (χ0v) is 12.6. The quantitative estimate of drug-likeness (QED) is 0.745. The van der Waals surface area contributed by atoms with Gasteiger partial charge >= 0.3 is 0 Å². The Labute approximate surface area is 116 Å². The second kappa shape index (κ2) is 6.96. The molecule has 18 heavy (non-hydrogen) atoms. The molecule has 1 aromatic carbocycles. The number of rotatable bonds is 7. The second-order valence-electron chi connectivity index (χ2n) is 3.77. The summed E-state index contributed by atoms with van der Waals surface area (Å²) in [7, 11) is -1.79. The number of sulfonamides is 1. The number of methoxy groups -OCH3 is 1. The molecule has 0 spiro atoms. The van der Waals surface area contributed by atoms with Crippen LogP contribution < -0.4 is 15.2 Å². The van der Waals surface area contributed by atoms with E-state index in [1.54, 1.807) is 18.2 Å². The van der Waals surface area contributed by atoms with Crippen LogP contribution in [-0.2, 0) is 10.0 Å². The summed E-state index contributed by atoms with van der Waals surface area (Å²) in [5.74, 6) is 0.653. The molecule has 0 aliphatic heterocycles. The van der Waals surface area contributed by atoms with Crippen LogP contribution in [-0.4, -0.2) is 27.8 Å². The van der Waals surface area contributed by atoms with Crippen molar-refractivity contribution in [1.82, 2.24) is 0 Å². The topological polar surface area (TPSA) is 81.4 Å². The van der Waals surface area contributed by atoms with E-state index in [9.17, 15) is 8.42 Å². The van der Waals surface area contributed by atoms with Gasteiger partial charge in [-0.05, 0) is 47.4 Å². The van der Waals surface area contributed by atoms with E-state index < -0.39 is 10.0 Å². The second-order valence-corrected chi connectivity index (χ2v) is 6.46. The van der Waals surface area contributed by atoms with Crippen molar-refractivity contribution in [3.63, 3.8) is 0 Å². The molecule has 3 N–H and O–H groups in total. The summed E-state index contributed by atoms with van der Waals surface area (Å²) < 4.78 is 31.9. The molecule has 1 rings (SSSR count). The fourth-order valence-electron chi connectivity index (χ4n) is 1.39. The Morgan fingerprint density at radius 3 is 2.72 bits per heavy atom. The largest absolute Gasteiger partial charge is 0.495 e. The molecule has 0 radical (unpaired) electrons. The molecule has 102 valence electrons. The Morgan fingerprint density at radius 1 is 1.39 bits per heavy atom. The lowest BCUT2D eigenvalue weighted by Gasteiger charge is -2.10. The van der Waals surface area contributed by atoms with Crippen LogP contribution in [0.15, 0.2) is 22.7 Å². The van der Waals surface area contributed by atoms with Crippen LogP contribution in [0.5, 0.6) is 5.75 Å². The number of halogens is 1. The van der Waals surface area contributed by atoms with Gasteiger partial charge in [-0.2, -0.15) is 0 Å². The molecule has 0 heterocycles. The fourth-order valence-corrected chi connectivity index (χ4v) is 2.97. The summed E-state index contributed by atoms with van der Waals surface area (Å²) in [4.78, 5) is 0. The van der Waals surface area contributed by atoms with Crippen LogP contribution in [0.4, 0.5) is 5.69 Å². The van der Waals surface area contributed by atoms with Gasteiger partial charge < -0.3 is 10.5 Å². The number of nitrogens with one attached hydrogen (secondary N) is 1. The summed E-state index contributed by atoms with van der Waals surface area (Å²) in [6, 6.07) is 5.04. The van der Waals surface area contributed by atoms with Gasteiger partial charge in [-0.25, -0.2) is 8.42 Å². The first-order chi connectivity index (χ1) is 8.48. The van der Waals surface area contributed by atoms with E-state index in [4.69, 9.17) is 10.5 Å². The van der Waals surface area contributed by atoms with Gasteiger partial charge in [0, 0.05) is 6.07 Å². The van der Waals surface area contributed by atoms with Crippen molar-refractivity contribution in [1.29, 1.82) is 0 Å². The smallest absolute Gasteiger partial charge is 0.232 e. The number of hydrogen-bond donors (Lipinski definition) is 2. The molecule has 0 fully saturated rings. The number of ether oxygens (including phenoxy) is 1. The summed E-state index contributed by atoms with van der Waals surface area (Å²) in [6.45, 7) is 0.502. The van der Waals surface area contributed by atoms with Crippen molar-refractivity contribution in [2.45, 2.75) is 12.8 Å². The molecular weight excluding hydrogens is 320 g/mol. The lowest BCUT2D eigenvalue weighted by atomic mass is 10.3. The van der Waals surface area contributed by atoms with Gasteiger partial charge in [0.15, 0.2) is 0 Å². The Balaban J connectivity index is 2.72. The minimum atomic E-state index is -3.32. The van der Waals surface area contributed by atoms with Gasteiger partial charge in [-0.3, -0.25) is 4.72 Å². The predicted octanol–water partition coefficient (Wildman–Crippen LogP) is 1.94. The van der Waals surface area contributed by atoms with Crippen molar-refractivity contribution < 1.29 is 13.2 Å². The standard InChI is InChI=1S/C11H17BrN2O3S/c1-17-11-8-9(4-5-10(11)12)14-18(15,16)7-3-2-6-13/h4-5,8,14H,2-3,6-7,13H2,1H3. The zero-order chi connectivity index (χ0) is 13.6. The molecule has 7 heteroatoms. The number of nitrogens with two attached hydrogens (primary N) is 1. The minimum absolute atomic E-state index is 0.0720. The monoisotopic (exact) mass is 336 g/mol. The molecule has 0 saturated carbocycles. The van der Waals surface area contributed by atoms with E-state index in [1.165, 1.54) is 7.11 Å². The molecule has 0 amide bonds. The first kappa shape index (κ1) is 15.3. The van der Waals surface area contributed by atoms with Crippen molar-refractivity contribution >= 4 is 31.6 Å². The molecule has 0 bridgehead atoms. The van der Waals surface area contributed by atoms with Crippen LogP contribution >= 0.6 is 15.9 Å². The average Bonchev–Trinajstić information content (AvgIpc) is 2.31. The Hall–Kier alpha value is -0.790. The molecule has 0 aliphatic carbocycles. The van der Waals surface area contributed by atoms with E-state index in [0.717, 1.165) is 4.47 Å². The predicted molar refractivity (Wildman–Crippen MR) is 76.4 cm³/mol. The van der Waals surface area contributed by atoms with E-state index in [2.05, 4.69) is 20.7 Å². The molecule has 0 saturated heterocycles. The van der Waals surface area contributed by atoms with E-state index in [1.807, 2.05) is 0 Å². The third kappa shape index (κ3) is 4.83. The maximum atomic E-state index is 11.8. The maximum Gasteiger partial charge on any atom is 0.232 e. The van der Waals surface area contributed by atoms with E-state index in [0.29, 0.717) is 30.8 Å². The molecule has 5 nitrogen and oxygen atoms in total. The van der Waals surface area contributed by atoms with Crippen LogP contribution in [0.25, 0.3) is 0 Å². The minimum Gasteiger partial charge on any atom is -0.495 e. The third-order valence-corrected chi connectivity index (χ3v) is 4.32. The average molecular weight is 337 g/mol. The highest BCUT2D eigenvalue weighted by Crippen LogP contribution is 2.28. The highest BCUT2D eigenvalue weighted by atomic mass is 79.9. The van der Waals surface area contributed by atoms with Gasteiger partial charge in [-0.1, -0.05) is 0 Å². The van der Waals surface area contributed by atoms with Crippen LogP contribution in [0, 0.1) is 0 Å². The Kier molecular flexibility index (Phi) is 5.90. The Morgan fingerprint density at radius 2 is 2.11 bits per heavy atom. The number of benzene rings is 1. The number of anilines is 1. The molecular formula is C11H17BrN2O3S. The molecule has 1 aromatic rings. The van der Waals surface area contributed by atoms with E-state index >= 15 is 0 Å².